The summed E-state index contributed by atoms with van der Waals surface area (Å²) in [5.41, 5.74) is 0. The van der Waals surface area contributed by atoms with Gasteiger partial charge in [0, 0.05) is 12.4 Å². The summed E-state index contributed by atoms with van der Waals surface area (Å²) in [4.78, 5) is 3.99. The minimum absolute atomic E-state index is 0.192. The number of aliphatic hydroxyl groups is 1. The molecule has 0 spiro atoms. The standard InChI is InChI=1S/C10H18N2O/c1-3-5-9(10(13)4-2)12-7-6-11-8-12/h6-10,13H,3-5H2,1-2H3. The normalized spacial score (nSPS) is 15.6. The van der Waals surface area contributed by atoms with Gasteiger partial charge in [0.25, 0.3) is 0 Å². The number of imidazole rings is 1. The van der Waals surface area contributed by atoms with Crippen molar-refractivity contribution in [2.45, 2.75) is 45.3 Å². The van der Waals surface area contributed by atoms with Crippen molar-refractivity contribution in [1.29, 1.82) is 0 Å². The summed E-state index contributed by atoms with van der Waals surface area (Å²) in [7, 11) is 0. The Morgan fingerprint density at radius 3 is 2.69 bits per heavy atom. The number of hydrogen-bond acceptors (Lipinski definition) is 2. The number of rotatable bonds is 5. The van der Waals surface area contributed by atoms with E-state index in [-0.39, 0.29) is 12.1 Å². The van der Waals surface area contributed by atoms with Gasteiger partial charge in [-0.3, -0.25) is 0 Å². The van der Waals surface area contributed by atoms with Gasteiger partial charge in [0.2, 0.25) is 0 Å². The smallest absolute Gasteiger partial charge is 0.0949 e. The van der Waals surface area contributed by atoms with Crippen LogP contribution in [0.2, 0.25) is 0 Å². The molecule has 0 radical (unpaired) electrons. The maximum Gasteiger partial charge on any atom is 0.0949 e. The van der Waals surface area contributed by atoms with Gasteiger partial charge in [0.05, 0.1) is 18.5 Å². The average Bonchev–Trinajstić information content (AvgIpc) is 2.65. The molecule has 1 aromatic rings. The van der Waals surface area contributed by atoms with E-state index in [1.54, 1.807) is 12.5 Å². The Bertz CT molecular complexity index is 221. The zero-order valence-electron chi connectivity index (χ0n) is 8.35. The molecule has 2 unspecified atom stereocenters. The van der Waals surface area contributed by atoms with Gasteiger partial charge in [-0.05, 0) is 12.8 Å². The molecule has 0 bridgehead atoms. The van der Waals surface area contributed by atoms with Crippen molar-refractivity contribution in [3.05, 3.63) is 18.7 Å². The fourth-order valence-electron chi connectivity index (χ4n) is 1.57. The third-order valence-electron chi connectivity index (χ3n) is 2.35. The molecule has 0 amide bonds. The summed E-state index contributed by atoms with van der Waals surface area (Å²) >= 11 is 0. The van der Waals surface area contributed by atoms with Crippen LogP contribution >= 0.6 is 0 Å². The Labute approximate surface area is 79.4 Å². The Balaban J connectivity index is 2.68. The van der Waals surface area contributed by atoms with Crippen LogP contribution in [0.25, 0.3) is 0 Å². The van der Waals surface area contributed by atoms with Gasteiger partial charge in [0.1, 0.15) is 0 Å². The maximum atomic E-state index is 9.77. The molecule has 1 rings (SSSR count). The first kappa shape index (κ1) is 10.3. The molecule has 3 heteroatoms. The molecule has 74 valence electrons. The van der Waals surface area contributed by atoms with Gasteiger partial charge >= 0.3 is 0 Å². The number of hydrogen-bond donors (Lipinski definition) is 1. The molecule has 3 nitrogen and oxygen atoms in total. The zero-order chi connectivity index (χ0) is 9.68. The summed E-state index contributed by atoms with van der Waals surface area (Å²) in [6.07, 6.45) is 8.08. The van der Waals surface area contributed by atoms with Crippen LogP contribution in [0.5, 0.6) is 0 Å². The van der Waals surface area contributed by atoms with E-state index in [1.165, 1.54) is 0 Å². The second-order valence-electron chi connectivity index (χ2n) is 3.34. The van der Waals surface area contributed by atoms with Gasteiger partial charge in [-0.25, -0.2) is 4.98 Å². The van der Waals surface area contributed by atoms with Crippen LogP contribution in [0.15, 0.2) is 18.7 Å². The highest BCUT2D eigenvalue weighted by Gasteiger charge is 2.17. The highest BCUT2D eigenvalue weighted by molar-refractivity contribution is 4.83. The van der Waals surface area contributed by atoms with Crippen LogP contribution in [0.3, 0.4) is 0 Å². The average molecular weight is 182 g/mol. The van der Waals surface area contributed by atoms with E-state index in [2.05, 4.69) is 11.9 Å². The highest BCUT2D eigenvalue weighted by Crippen LogP contribution is 2.19. The molecule has 0 aliphatic heterocycles. The van der Waals surface area contributed by atoms with E-state index in [4.69, 9.17) is 0 Å². The first-order chi connectivity index (χ1) is 6.29. The fourth-order valence-corrected chi connectivity index (χ4v) is 1.57. The van der Waals surface area contributed by atoms with E-state index in [1.807, 2.05) is 17.7 Å². The van der Waals surface area contributed by atoms with E-state index in [0.29, 0.717) is 0 Å². The van der Waals surface area contributed by atoms with Crippen molar-refractivity contribution >= 4 is 0 Å². The molecule has 0 aromatic carbocycles. The quantitative estimate of drug-likeness (QED) is 0.756. The van der Waals surface area contributed by atoms with E-state index >= 15 is 0 Å². The molecule has 1 aromatic heterocycles. The third kappa shape index (κ3) is 2.56. The highest BCUT2D eigenvalue weighted by atomic mass is 16.3. The molecule has 0 aliphatic rings. The summed E-state index contributed by atoms with van der Waals surface area (Å²) in [6, 6.07) is 0.192. The lowest BCUT2D eigenvalue weighted by Crippen LogP contribution is -2.22. The van der Waals surface area contributed by atoms with E-state index in [0.717, 1.165) is 19.3 Å². The minimum atomic E-state index is -0.255. The molecule has 0 saturated carbocycles. The van der Waals surface area contributed by atoms with Crippen molar-refractivity contribution in [2.75, 3.05) is 0 Å². The molecule has 2 atom stereocenters. The Morgan fingerprint density at radius 2 is 2.23 bits per heavy atom. The van der Waals surface area contributed by atoms with E-state index in [9.17, 15) is 5.11 Å². The van der Waals surface area contributed by atoms with Crippen molar-refractivity contribution in [2.24, 2.45) is 0 Å². The van der Waals surface area contributed by atoms with Gasteiger partial charge in [-0.15, -0.1) is 0 Å². The SMILES string of the molecule is CCCC(C(O)CC)n1ccnc1. The predicted molar refractivity (Wildman–Crippen MR) is 52.5 cm³/mol. The van der Waals surface area contributed by atoms with Gasteiger partial charge in [-0.1, -0.05) is 20.3 Å². The number of aromatic nitrogens is 2. The van der Waals surface area contributed by atoms with Crippen LogP contribution in [0, 0.1) is 0 Å². The predicted octanol–water partition coefficient (Wildman–Crippen LogP) is 2.00. The number of nitrogens with zero attached hydrogens (tertiary/aromatic N) is 2. The van der Waals surface area contributed by atoms with Gasteiger partial charge in [0.15, 0.2) is 0 Å². The summed E-state index contributed by atoms with van der Waals surface area (Å²) < 4.78 is 2.00. The molecule has 0 aliphatic carbocycles. The first-order valence-corrected chi connectivity index (χ1v) is 4.95. The fraction of sp³-hybridized carbons (Fsp3) is 0.700. The minimum Gasteiger partial charge on any atom is -0.391 e. The zero-order valence-corrected chi connectivity index (χ0v) is 8.35. The lowest BCUT2D eigenvalue weighted by molar-refractivity contribution is 0.103. The Morgan fingerprint density at radius 1 is 1.46 bits per heavy atom. The topological polar surface area (TPSA) is 38.0 Å². The number of aliphatic hydroxyl groups excluding tert-OH is 1. The summed E-state index contributed by atoms with van der Waals surface area (Å²) in [5, 5.41) is 9.77. The second-order valence-corrected chi connectivity index (χ2v) is 3.34. The van der Waals surface area contributed by atoms with Crippen LogP contribution in [0.4, 0.5) is 0 Å². The summed E-state index contributed by atoms with van der Waals surface area (Å²) in [6.45, 7) is 4.14. The van der Waals surface area contributed by atoms with Gasteiger partial charge < -0.3 is 9.67 Å². The molecule has 0 fully saturated rings. The summed E-state index contributed by atoms with van der Waals surface area (Å²) in [5.74, 6) is 0. The third-order valence-corrected chi connectivity index (χ3v) is 2.35. The van der Waals surface area contributed by atoms with Crippen molar-refractivity contribution < 1.29 is 5.11 Å². The molecule has 1 heterocycles. The lowest BCUT2D eigenvalue weighted by Gasteiger charge is -2.22. The van der Waals surface area contributed by atoms with Gasteiger partial charge in [-0.2, -0.15) is 0 Å². The van der Waals surface area contributed by atoms with Crippen LogP contribution in [-0.2, 0) is 0 Å². The molecule has 0 saturated heterocycles. The first-order valence-electron chi connectivity index (χ1n) is 4.95. The molecular weight excluding hydrogens is 164 g/mol. The van der Waals surface area contributed by atoms with Crippen molar-refractivity contribution in [1.82, 2.24) is 9.55 Å². The lowest BCUT2D eigenvalue weighted by atomic mass is 10.0. The van der Waals surface area contributed by atoms with E-state index < -0.39 is 0 Å². The Kier molecular flexibility index (Phi) is 3.96. The molecular formula is C10H18N2O. The van der Waals surface area contributed by atoms with Crippen LogP contribution in [0.1, 0.15) is 39.2 Å². The van der Waals surface area contributed by atoms with Crippen molar-refractivity contribution in [3.63, 3.8) is 0 Å². The second kappa shape index (κ2) is 5.02. The molecule has 13 heavy (non-hydrogen) atoms. The maximum absolute atomic E-state index is 9.77. The van der Waals surface area contributed by atoms with Crippen LogP contribution < -0.4 is 0 Å². The van der Waals surface area contributed by atoms with Crippen LogP contribution in [-0.4, -0.2) is 20.8 Å². The van der Waals surface area contributed by atoms with Crippen molar-refractivity contribution in [3.8, 4) is 0 Å². The molecule has 1 N–H and O–H groups in total. The Hall–Kier alpha value is -0.830. The monoisotopic (exact) mass is 182 g/mol. The largest absolute Gasteiger partial charge is 0.391 e.